The van der Waals surface area contributed by atoms with Gasteiger partial charge in [-0.25, -0.2) is 0 Å². The molecule has 17 heavy (non-hydrogen) atoms. The summed E-state index contributed by atoms with van der Waals surface area (Å²) in [5.74, 6) is 0. The topological polar surface area (TPSA) is 94.9 Å². The summed E-state index contributed by atoms with van der Waals surface area (Å²) < 4.78 is 23.7. The van der Waals surface area contributed by atoms with Crippen LogP contribution in [-0.2, 0) is 10.0 Å². The lowest BCUT2D eigenvalue weighted by molar-refractivity contribution is 0.585. The van der Waals surface area contributed by atoms with E-state index in [9.17, 15) is 8.42 Å². The number of fused-ring (bicyclic) bond motifs is 1. The summed E-state index contributed by atoms with van der Waals surface area (Å²) in [5, 5.41) is 4.25. The van der Waals surface area contributed by atoms with Crippen molar-refractivity contribution in [2.75, 3.05) is 0 Å². The first-order chi connectivity index (χ1) is 8.15. The first-order valence-corrected chi connectivity index (χ1v) is 6.17. The van der Waals surface area contributed by atoms with Gasteiger partial charge in [-0.05, 0) is 16.7 Å². The molecule has 86 valence electrons. The van der Waals surface area contributed by atoms with Gasteiger partial charge >= 0.3 is 10.0 Å². The van der Waals surface area contributed by atoms with Gasteiger partial charge < -0.3 is 0 Å². The molecular weight excluding hydrogens is 240 g/mol. The van der Waals surface area contributed by atoms with E-state index in [1.807, 2.05) is 18.2 Å². The number of hydrogen-bond acceptors (Lipinski definition) is 3. The number of benzene rings is 2. The maximum absolute atomic E-state index is 11.8. The average molecular weight is 248 g/mol. The molecule has 0 saturated heterocycles. The van der Waals surface area contributed by atoms with Gasteiger partial charge in [-0.2, -0.15) is 13.3 Å². The zero-order chi connectivity index (χ0) is 12.3. The van der Waals surface area contributed by atoms with Crippen LogP contribution >= 0.6 is 0 Å². The van der Waals surface area contributed by atoms with Crippen molar-refractivity contribution in [2.45, 2.75) is 4.90 Å². The molecule has 0 aliphatic carbocycles. The van der Waals surface area contributed by atoms with Gasteiger partial charge in [0.25, 0.3) is 0 Å². The van der Waals surface area contributed by atoms with Crippen molar-refractivity contribution in [1.29, 1.82) is 0 Å². The Morgan fingerprint density at radius 1 is 1.12 bits per heavy atom. The molecule has 0 radical (unpaired) electrons. The number of azide groups is 1. The molecule has 0 aromatic heterocycles. The van der Waals surface area contributed by atoms with Crippen LogP contribution < -0.4 is 4.83 Å². The molecule has 2 aromatic carbocycles. The van der Waals surface area contributed by atoms with Crippen LogP contribution in [-0.4, -0.2) is 8.42 Å². The summed E-state index contributed by atoms with van der Waals surface area (Å²) in [4.78, 5) is 4.24. The standard InChI is InChI=1S/C10H8N4O2S/c11-12-13-14-17(15,16)10-7-3-5-8-4-1-2-6-9(8)10/h1-7,14H. The lowest BCUT2D eigenvalue weighted by Gasteiger charge is -2.04. The van der Waals surface area contributed by atoms with Crippen LogP contribution in [0.4, 0.5) is 0 Å². The summed E-state index contributed by atoms with van der Waals surface area (Å²) in [7, 11) is -3.82. The van der Waals surface area contributed by atoms with E-state index in [0.29, 0.717) is 5.39 Å². The third kappa shape index (κ3) is 2.15. The van der Waals surface area contributed by atoms with E-state index in [1.54, 1.807) is 23.0 Å². The Labute approximate surface area is 97.5 Å². The molecule has 6 nitrogen and oxygen atoms in total. The molecule has 7 heteroatoms. The zero-order valence-corrected chi connectivity index (χ0v) is 9.42. The zero-order valence-electron chi connectivity index (χ0n) is 8.61. The van der Waals surface area contributed by atoms with Gasteiger partial charge in [0.1, 0.15) is 4.90 Å². The van der Waals surface area contributed by atoms with E-state index in [1.165, 1.54) is 6.07 Å². The van der Waals surface area contributed by atoms with Gasteiger partial charge in [0, 0.05) is 5.39 Å². The number of nitrogens with one attached hydrogen (secondary N) is 1. The van der Waals surface area contributed by atoms with Crippen LogP contribution in [0.3, 0.4) is 0 Å². The highest BCUT2D eigenvalue weighted by Gasteiger charge is 2.18. The van der Waals surface area contributed by atoms with Crippen LogP contribution in [0.5, 0.6) is 0 Å². The number of nitrogens with zero attached hydrogens (tertiary/aromatic N) is 3. The van der Waals surface area contributed by atoms with Crippen molar-refractivity contribution in [1.82, 2.24) is 4.83 Å². The summed E-state index contributed by atoms with van der Waals surface area (Å²) in [6.45, 7) is 0. The van der Waals surface area contributed by atoms with E-state index in [2.05, 4.69) is 10.1 Å². The second-order valence-corrected chi connectivity index (χ2v) is 4.89. The van der Waals surface area contributed by atoms with E-state index >= 15 is 0 Å². The number of hydrogen-bond donors (Lipinski definition) is 1. The predicted octanol–water partition coefficient (Wildman–Crippen LogP) is 2.34. The molecule has 0 heterocycles. The van der Waals surface area contributed by atoms with E-state index < -0.39 is 10.0 Å². The van der Waals surface area contributed by atoms with Crippen molar-refractivity contribution < 1.29 is 8.42 Å². The molecule has 0 fully saturated rings. The molecular formula is C10H8N4O2S. The van der Waals surface area contributed by atoms with Gasteiger partial charge in [0.05, 0.1) is 0 Å². The molecule has 0 amide bonds. The van der Waals surface area contributed by atoms with Crippen LogP contribution in [0.25, 0.3) is 21.2 Å². The minimum absolute atomic E-state index is 0.0861. The fourth-order valence-corrected chi connectivity index (χ4v) is 2.53. The Balaban J connectivity index is 2.67. The summed E-state index contributed by atoms with van der Waals surface area (Å²) in [5.41, 5.74) is 8.12. The summed E-state index contributed by atoms with van der Waals surface area (Å²) in [6.07, 6.45) is 0. The van der Waals surface area contributed by atoms with Crippen molar-refractivity contribution in [2.24, 2.45) is 5.22 Å². The Morgan fingerprint density at radius 2 is 1.82 bits per heavy atom. The van der Waals surface area contributed by atoms with Gasteiger partial charge in [-0.15, -0.1) is 10.4 Å². The lowest BCUT2D eigenvalue weighted by atomic mass is 10.1. The van der Waals surface area contributed by atoms with Crippen LogP contribution in [0, 0.1) is 0 Å². The van der Waals surface area contributed by atoms with Crippen molar-refractivity contribution >= 4 is 20.8 Å². The maximum Gasteiger partial charge on any atom is 0.332 e. The molecule has 0 saturated carbocycles. The highest BCUT2D eigenvalue weighted by atomic mass is 32.2. The fraction of sp³-hybridized carbons (Fsp3) is 0. The molecule has 0 bridgehead atoms. The monoisotopic (exact) mass is 248 g/mol. The molecule has 0 spiro atoms. The maximum atomic E-state index is 11.8. The van der Waals surface area contributed by atoms with E-state index in [0.717, 1.165) is 5.39 Å². The lowest BCUT2D eigenvalue weighted by Crippen LogP contribution is -2.17. The second-order valence-electron chi connectivity index (χ2n) is 3.26. The third-order valence-electron chi connectivity index (χ3n) is 2.24. The van der Waals surface area contributed by atoms with Crippen molar-refractivity contribution in [3.05, 3.63) is 52.9 Å². The van der Waals surface area contributed by atoms with Crippen LogP contribution in [0.15, 0.2) is 52.6 Å². The predicted molar refractivity (Wildman–Crippen MR) is 63.4 cm³/mol. The van der Waals surface area contributed by atoms with Gasteiger partial charge in [-0.3, -0.25) is 0 Å². The Hall–Kier alpha value is -2.24. The first kappa shape index (κ1) is 11.3. The average Bonchev–Trinajstić information content (AvgIpc) is 2.36. The minimum atomic E-state index is -3.82. The Morgan fingerprint density at radius 3 is 2.59 bits per heavy atom. The van der Waals surface area contributed by atoms with Crippen LogP contribution in [0.1, 0.15) is 0 Å². The summed E-state index contributed by atoms with van der Waals surface area (Å²) >= 11 is 0. The van der Waals surface area contributed by atoms with Crippen molar-refractivity contribution in [3.63, 3.8) is 0 Å². The molecule has 0 aliphatic heterocycles. The van der Waals surface area contributed by atoms with E-state index in [4.69, 9.17) is 5.53 Å². The normalized spacial score (nSPS) is 10.8. The molecule has 1 N–H and O–H groups in total. The minimum Gasteiger partial charge on any atom is -0.179 e. The molecule has 0 aliphatic rings. The molecule has 0 unspecified atom stereocenters. The number of sulfonamides is 1. The first-order valence-electron chi connectivity index (χ1n) is 4.69. The van der Waals surface area contributed by atoms with Gasteiger partial charge in [-0.1, -0.05) is 36.4 Å². The molecule has 0 atom stereocenters. The second kappa shape index (κ2) is 4.32. The highest BCUT2D eigenvalue weighted by molar-refractivity contribution is 7.89. The highest BCUT2D eigenvalue weighted by Crippen LogP contribution is 2.22. The quantitative estimate of drug-likeness (QED) is 0.390. The Kier molecular flexibility index (Phi) is 2.86. The molecule has 2 aromatic rings. The third-order valence-corrected chi connectivity index (χ3v) is 3.50. The molecule has 2 rings (SSSR count). The SMILES string of the molecule is [N-]=[N+]=NNS(=O)(=O)c1cccc2ccccc12. The van der Waals surface area contributed by atoms with E-state index in [-0.39, 0.29) is 4.90 Å². The summed E-state index contributed by atoms with van der Waals surface area (Å²) in [6, 6.07) is 12.0. The van der Waals surface area contributed by atoms with Crippen LogP contribution in [0.2, 0.25) is 0 Å². The fourth-order valence-electron chi connectivity index (χ4n) is 1.55. The smallest absolute Gasteiger partial charge is 0.179 e. The van der Waals surface area contributed by atoms with Gasteiger partial charge in [0.15, 0.2) is 0 Å². The van der Waals surface area contributed by atoms with Crippen molar-refractivity contribution in [3.8, 4) is 0 Å². The Bertz CT molecular complexity index is 700. The largest absolute Gasteiger partial charge is 0.332 e. The van der Waals surface area contributed by atoms with Gasteiger partial charge in [0.2, 0.25) is 0 Å². The number of rotatable bonds is 3.